The van der Waals surface area contributed by atoms with Crippen LogP contribution in [0.3, 0.4) is 0 Å². The van der Waals surface area contributed by atoms with Gasteiger partial charge in [0.1, 0.15) is 6.04 Å². The molecule has 0 radical (unpaired) electrons. The average Bonchev–Trinajstić information content (AvgIpc) is 2.41. The molecule has 2 amide bonds. The van der Waals surface area contributed by atoms with Gasteiger partial charge in [-0.2, -0.15) is 0 Å². The molecule has 2 rings (SSSR count). The molecule has 0 spiro atoms. The number of piperidine rings is 1. The summed E-state index contributed by atoms with van der Waals surface area (Å²) in [7, 11) is 2.05. The number of hydrogen-bond acceptors (Lipinski definition) is 4. The maximum atomic E-state index is 12.3. The first kappa shape index (κ1) is 15.1. The molecular formula is C13H24N4O3. The lowest BCUT2D eigenvalue weighted by atomic mass is 9.93. The number of amides is 2. The van der Waals surface area contributed by atoms with Crippen molar-refractivity contribution in [2.45, 2.75) is 25.8 Å². The Bertz CT molecular complexity index is 369. The van der Waals surface area contributed by atoms with Crippen molar-refractivity contribution in [1.82, 2.24) is 20.2 Å². The highest BCUT2D eigenvalue weighted by molar-refractivity contribution is 5.82. The van der Waals surface area contributed by atoms with Crippen molar-refractivity contribution in [2.75, 3.05) is 39.8 Å². The number of carbonyl (C=O) groups is 2. The van der Waals surface area contributed by atoms with Crippen LogP contribution in [0.2, 0.25) is 0 Å². The maximum absolute atomic E-state index is 12.3. The fraction of sp³-hybridized carbons (Fsp3) is 0.846. The number of carbonyl (C=O) groups excluding carboxylic acids is 1. The van der Waals surface area contributed by atoms with Gasteiger partial charge in [0.25, 0.3) is 0 Å². The SMILES string of the molecule is CC1CCN(C(=O)NN2CCN(C)CC2)C(C(=O)O)C1. The summed E-state index contributed by atoms with van der Waals surface area (Å²) in [5.74, 6) is -0.561. The summed E-state index contributed by atoms with van der Waals surface area (Å²) in [5, 5.41) is 11.1. The van der Waals surface area contributed by atoms with Crippen molar-refractivity contribution in [3.63, 3.8) is 0 Å². The summed E-state index contributed by atoms with van der Waals surface area (Å²) in [6.07, 6.45) is 1.39. The quantitative estimate of drug-likeness (QED) is 0.749. The first-order valence-electron chi connectivity index (χ1n) is 7.21. The molecule has 0 aromatic carbocycles. The minimum absolute atomic E-state index is 0.283. The normalized spacial score (nSPS) is 29.2. The largest absolute Gasteiger partial charge is 0.480 e. The zero-order chi connectivity index (χ0) is 14.7. The fourth-order valence-corrected chi connectivity index (χ4v) is 2.74. The molecule has 2 aliphatic heterocycles. The van der Waals surface area contributed by atoms with Crippen molar-refractivity contribution in [1.29, 1.82) is 0 Å². The van der Waals surface area contributed by atoms with Crippen LogP contribution in [-0.2, 0) is 4.79 Å². The molecule has 20 heavy (non-hydrogen) atoms. The Kier molecular flexibility index (Phi) is 4.82. The van der Waals surface area contributed by atoms with Gasteiger partial charge in [0.15, 0.2) is 0 Å². The molecular weight excluding hydrogens is 260 g/mol. The van der Waals surface area contributed by atoms with E-state index in [9.17, 15) is 14.7 Å². The number of nitrogens with one attached hydrogen (secondary N) is 1. The number of urea groups is 1. The molecule has 0 aromatic rings. The number of likely N-dealkylation sites (tertiary alicyclic amines) is 1. The summed E-state index contributed by atoms with van der Waals surface area (Å²) < 4.78 is 0. The minimum atomic E-state index is -0.912. The number of hydrogen-bond donors (Lipinski definition) is 2. The molecule has 7 heteroatoms. The predicted molar refractivity (Wildman–Crippen MR) is 74.1 cm³/mol. The average molecular weight is 284 g/mol. The summed E-state index contributed by atoms with van der Waals surface area (Å²) in [6, 6.07) is -0.986. The molecule has 2 fully saturated rings. The molecule has 0 aromatic heterocycles. The first-order valence-corrected chi connectivity index (χ1v) is 7.21. The van der Waals surface area contributed by atoms with Gasteiger partial charge in [-0.1, -0.05) is 6.92 Å². The molecule has 2 N–H and O–H groups in total. The second-order valence-electron chi connectivity index (χ2n) is 5.88. The second-order valence-corrected chi connectivity index (χ2v) is 5.88. The summed E-state index contributed by atoms with van der Waals surface area (Å²) >= 11 is 0. The second kappa shape index (κ2) is 6.41. The van der Waals surface area contributed by atoms with Gasteiger partial charge in [-0.15, -0.1) is 0 Å². The van der Waals surface area contributed by atoms with E-state index in [1.165, 1.54) is 4.90 Å². The lowest BCUT2D eigenvalue weighted by Gasteiger charge is -2.38. The van der Waals surface area contributed by atoms with Crippen molar-refractivity contribution >= 4 is 12.0 Å². The predicted octanol–water partition coefficient (Wildman–Crippen LogP) is 0.0435. The molecule has 2 unspecified atom stereocenters. The van der Waals surface area contributed by atoms with E-state index in [1.54, 1.807) is 0 Å². The Morgan fingerprint density at radius 3 is 2.40 bits per heavy atom. The van der Waals surface area contributed by atoms with Gasteiger partial charge in [-0.05, 0) is 25.8 Å². The third-order valence-corrected chi connectivity index (χ3v) is 4.17. The zero-order valence-corrected chi connectivity index (χ0v) is 12.2. The molecule has 2 atom stereocenters. The number of nitrogens with zero attached hydrogens (tertiary/aromatic N) is 3. The van der Waals surface area contributed by atoms with Crippen molar-refractivity contribution in [3.05, 3.63) is 0 Å². The van der Waals surface area contributed by atoms with Crippen molar-refractivity contribution < 1.29 is 14.7 Å². The van der Waals surface area contributed by atoms with Crippen LogP contribution in [-0.4, -0.2) is 77.7 Å². The highest BCUT2D eigenvalue weighted by Gasteiger charge is 2.35. The third kappa shape index (κ3) is 3.61. The van der Waals surface area contributed by atoms with Gasteiger partial charge in [-0.3, -0.25) is 5.43 Å². The molecule has 2 aliphatic rings. The van der Waals surface area contributed by atoms with Crippen LogP contribution in [0.4, 0.5) is 4.79 Å². The van der Waals surface area contributed by atoms with Crippen LogP contribution in [0.5, 0.6) is 0 Å². The molecule has 114 valence electrons. The summed E-state index contributed by atoms with van der Waals surface area (Å²) in [5.41, 5.74) is 2.84. The number of carboxylic acid groups (broad SMARTS) is 1. The maximum Gasteiger partial charge on any atom is 0.332 e. The van der Waals surface area contributed by atoms with Crippen LogP contribution in [0.1, 0.15) is 19.8 Å². The smallest absolute Gasteiger partial charge is 0.332 e. The minimum Gasteiger partial charge on any atom is -0.480 e. The van der Waals surface area contributed by atoms with Gasteiger partial charge in [-0.25, -0.2) is 14.6 Å². The number of hydrazine groups is 1. The van der Waals surface area contributed by atoms with E-state index in [2.05, 4.69) is 10.3 Å². The van der Waals surface area contributed by atoms with Crippen LogP contribution in [0.15, 0.2) is 0 Å². The van der Waals surface area contributed by atoms with Crippen LogP contribution in [0, 0.1) is 5.92 Å². The van der Waals surface area contributed by atoms with E-state index in [1.807, 2.05) is 19.0 Å². The van der Waals surface area contributed by atoms with E-state index in [0.717, 1.165) is 32.6 Å². The van der Waals surface area contributed by atoms with Crippen LogP contribution in [0.25, 0.3) is 0 Å². The molecule has 2 saturated heterocycles. The molecule has 0 aliphatic carbocycles. The van der Waals surface area contributed by atoms with Gasteiger partial charge >= 0.3 is 12.0 Å². The zero-order valence-electron chi connectivity index (χ0n) is 12.2. The summed E-state index contributed by atoms with van der Waals surface area (Å²) in [4.78, 5) is 27.2. The Morgan fingerprint density at radius 2 is 1.80 bits per heavy atom. The molecule has 0 bridgehead atoms. The van der Waals surface area contributed by atoms with Gasteiger partial charge in [0, 0.05) is 32.7 Å². The number of aliphatic carboxylic acids is 1. The Balaban J connectivity index is 1.91. The van der Waals surface area contributed by atoms with E-state index in [-0.39, 0.29) is 6.03 Å². The van der Waals surface area contributed by atoms with Crippen molar-refractivity contribution in [2.24, 2.45) is 5.92 Å². The number of likely N-dealkylation sites (N-methyl/N-ethyl adjacent to an activating group) is 1. The lowest BCUT2D eigenvalue weighted by molar-refractivity contribution is -0.144. The first-order chi connectivity index (χ1) is 9.47. The highest BCUT2D eigenvalue weighted by atomic mass is 16.4. The fourth-order valence-electron chi connectivity index (χ4n) is 2.74. The topological polar surface area (TPSA) is 76.1 Å². The van der Waals surface area contributed by atoms with E-state index >= 15 is 0 Å². The Morgan fingerprint density at radius 1 is 1.15 bits per heavy atom. The monoisotopic (exact) mass is 284 g/mol. The van der Waals surface area contributed by atoms with E-state index in [0.29, 0.717) is 18.9 Å². The molecule has 2 heterocycles. The Hall–Kier alpha value is -1.34. The summed E-state index contributed by atoms with van der Waals surface area (Å²) in [6.45, 7) is 5.89. The van der Waals surface area contributed by atoms with Gasteiger partial charge in [0.2, 0.25) is 0 Å². The third-order valence-electron chi connectivity index (χ3n) is 4.17. The number of piperazine rings is 1. The van der Waals surface area contributed by atoms with Crippen LogP contribution >= 0.6 is 0 Å². The Labute approximate surface area is 119 Å². The van der Waals surface area contributed by atoms with E-state index in [4.69, 9.17) is 0 Å². The standard InChI is InChI=1S/C13H24N4O3/c1-10-3-4-17(11(9-10)12(18)19)13(20)14-16-7-5-15(2)6-8-16/h10-11H,3-9H2,1-2H3,(H,14,20)(H,18,19). The van der Waals surface area contributed by atoms with Gasteiger partial charge < -0.3 is 14.9 Å². The van der Waals surface area contributed by atoms with Gasteiger partial charge in [0.05, 0.1) is 0 Å². The molecule has 7 nitrogen and oxygen atoms in total. The number of rotatable bonds is 2. The van der Waals surface area contributed by atoms with Crippen LogP contribution < -0.4 is 5.43 Å². The van der Waals surface area contributed by atoms with Crippen molar-refractivity contribution in [3.8, 4) is 0 Å². The number of carboxylic acids is 1. The van der Waals surface area contributed by atoms with E-state index < -0.39 is 12.0 Å². The highest BCUT2D eigenvalue weighted by Crippen LogP contribution is 2.22. The molecule has 0 saturated carbocycles. The lowest BCUT2D eigenvalue weighted by Crippen LogP contribution is -2.59.